The van der Waals surface area contributed by atoms with Crippen molar-refractivity contribution in [2.24, 2.45) is 0 Å². The highest BCUT2D eigenvalue weighted by Crippen LogP contribution is 2.27. The Kier molecular flexibility index (Phi) is 3.53. The Balaban J connectivity index is 2.04. The Hall–Kier alpha value is -2.48. The van der Waals surface area contributed by atoms with Gasteiger partial charge in [0.25, 0.3) is 5.91 Å². The molecule has 0 spiro atoms. The average molecular weight is 302 g/mol. The summed E-state index contributed by atoms with van der Waals surface area (Å²) in [7, 11) is 0. The monoisotopic (exact) mass is 302 g/mol. The third-order valence-electron chi connectivity index (χ3n) is 2.87. The van der Waals surface area contributed by atoms with E-state index >= 15 is 0 Å². The molecule has 0 bridgehead atoms. The highest BCUT2D eigenvalue weighted by atomic mass is 32.2. The normalized spacial score (nSPS) is 10.9. The van der Waals surface area contributed by atoms with Crippen LogP contribution in [-0.4, -0.2) is 31.6 Å². The molecule has 3 rings (SSSR count). The molecule has 0 radical (unpaired) electrons. The van der Waals surface area contributed by atoms with Gasteiger partial charge in [-0.05, 0) is 17.9 Å². The van der Waals surface area contributed by atoms with Gasteiger partial charge in [-0.1, -0.05) is 6.92 Å². The lowest BCUT2D eigenvalue weighted by Crippen LogP contribution is -2.13. The molecule has 7 nitrogen and oxygen atoms in total. The summed E-state index contributed by atoms with van der Waals surface area (Å²) in [5, 5.41) is 2.71. The number of carbonyl (C=O) groups excluding carboxylic acids is 1. The fraction of sp³-hybridized carbons (Fsp3) is 0.154. The summed E-state index contributed by atoms with van der Waals surface area (Å²) >= 11 is 1.64. The molecule has 0 saturated heterocycles. The summed E-state index contributed by atoms with van der Waals surface area (Å²) in [6.07, 6.45) is 3.21. The number of nitrogens with zero attached hydrogens (tertiary/aromatic N) is 2. The molecule has 21 heavy (non-hydrogen) atoms. The zero-order valence-electron chi connectivity index (χ0n) is 11.3. The number of imidazole rings is 2. The van der Waals surface area contributed by atoms with Gasteiger partial charge >= 0.3 is 0 Å². The third kappa shape index (κ3) is 2.70. The van der Waals surface area contributed by atoms with E-state index in [1.165, 1.54) is 0 Å². The number of carbonyl (C=O) groups is 1. The van der Waals surface area contributed by atoms with Gasteiger partial charge in [0.2, 0.25) is 5.95 Å². The number of nitrogens with one attached hydrogen (secondary N) is 3. The van der Waals surface area contributed by atoms with Crippen molar-refractivity contribution >= 4 is 40.6 Å². The van der Waals surface area contributed by atoms with Gasteiger partial charge in [0, 0.05) is 17.3 Å². The van der Waals surface area contributed by atoms with Crippen LogP contribution in [0.2, 0.25) is 0 Å². The molecule has 0 aliphatic carbocycles. The molecule has 0 saturated carbocycles. The fourth-order valence-corrected chi connectivity index (χ4v) is 2.77. The van der Waals surface area contributed by atoms with Gasteiger partial charge in [-0.25, -0.2) is 9.97 Å². The van der Waals surface area contributed by atoms with E-state index < -0.39 is 0 Å². The summed E-state index contributed by atoms with van der Waals surface area (Å²) in [5.74, 6) is 1.33. The van der Waals surface area contributed by atoms with Crippen molar-refractivity contribution in [3.63, 3.8) is 0 Å². The zero-order valence-corrected chi connectivity index (χ0v) is 12.1. The number of hydrogen-bond acceptors (Lipinski definition) is 5. The van der Waals surface area contributed by atoms with Crippen LogP contribution in [0.15, 0.2) is 29.4 Å². The van der Waals surface area contributed by atoms with Crippen molar-refractivity contribution in [3.8, 4) is 0 Å². The van der Waals surface area contributed by atoms with E-state index in [0.29, 0.717) is 22.5 Å². The minimum atomic E-state index is -0.267. The number of aromatic nitrogens is 4. The Morgan fingerprint density at radius 2 is 2.33 bits per heavy atom. The second-order valence-corrected chi connectivity index (χ2v) is 5.65. The molecular weight excluding hydrogens is 288 g/mol. The molecule has 108 valence electrons. The maximum absolute atomic E-state index is 12.4. The van der Waals surface area contributed by atoms with E-state index in [9.17, 15) is 4.79 Å². The molecule has 0 fully saturated rings. The lowest BCUT2D eigenvalue weighted by atomic mass is 10.1. The number of amides is 1. The molecule has 3 aromatic rings. The van der Waals surface area contributed by atoms with Crippen LogP contribution in [-0.2, 0) is 0 Å². The van der Waals surface area contributed by atoms with Gasteiger partial charge in [-0.15, -0.1) is 11.8 Å². The second-order valence-electron chi connectivity index (χ2n) is 4.31. The van der Waals surface area contributed by atoms with E-state index in [1.54, 1.807) is 24.2 Å². The number of rotatable bonds is 4. The lowest BCUT2D eigenvalue weighted by molar-refractivity contribution is 0.102. The number of H-pyrrole nitrogens is 2. The highest BCUT2D eigenvalue weighted by molar-refractivity contribution is 7.99. The van der Waals surface area contributed by atoms with Gasteiger partial charge in [-0.2, -0.15) is 0 Å². The molecule has 1 amide bonds. The van der Waals surface area contributed by atoms with Crippen molar-refractivity contribution in [3.05, 3.63) is 30.1 Å². The number of nitrogens with two attached hydrogens (primary N) is 1. The average Bonchev–Trinajstić information content (AvgIpc) is 3.06. The number of benzene rings is 1. The topological polar surface area (TPSA) is 112 Å². The molecule has 1 aromatic carbocycles. The SMILES string of the molecule is CCSc1cc(C(=O)Nc2ncc[nH]2)c2[nH]c(N)nc2c1. The molecule has 0 atom stereocenters. The van der Waals surface area contributed by atoms with Crippen LogP contribution in [0.3, 0.4) is 0 Å². The fourth-order valence-electron chi connectivity index (χ4n) is 2.04. The van der Waals surface area contributed by atoms with Crippen LogP contribution in [0.1, 0.15) is 17.3 Å². The lowest BCUT2D eigenvalue weighted by Gasteiger charge is -2.06. The minimum Gasteiger partial charge on any atom is -0.369 e. The Morgan fingerprint density at radius 3 is 3.05 bits per heavy atom. The minimum absolute atomic E-state index is 0.267. The van der Waals surface area contributed by atoms with Crippen molar-refractivity contribution in [1.29, 1.82) is 0 Å². The Bertz CT molecular complexity index is 779. The summed E-state index contributed by atoms with van der Waals surface area (Å²) in [6, 6.07) is 3.74. The standard InChI is InChI=1S/C13H14N6OS/c1-2-21-7-5-8(10-9(6-7)17-12(14)18-10)11(20)19-13-15-3-4-16-13/h3-6H,2H2,1H3,(H3,14,17,18)(H2,15,16,19,20). The van der Waals surface area contributed by atoms with Crippen molar-refractivity contribution in [2.75, 3.05) is 16.8 Å². The number of aromatic amines is 2. The van der Waals surface area contributed by atoms with Crippen molar-refractivity contribution in [2.45, 2.75) is 11.8 Å². The van der Waals surface area contributed by atoms with E-state index in [-0.39, 0.29) is 11.9 Å². The third-order valence-corrected chi connectivity index (χ3v) is 3.73. The van der Waals surface area contributed by atoms with E-state index in [1.807, 2.05) is 12.1 Å². The van der Waals surface area contributed by atoms with E-state index in [2.05, 4.69) is 32.2 Å². The van der Waals surface area contributed by atoms with Gasteiger partial charge < -0.3 is 15.7 Å². The van der Waals surface area contributed by atoms with Crippen LogP contribution >= 0.6 is 11.8 Å². The summed E-state index contributed by atoms with van der Waals surface area (Å²) in [5.41, 5.74) is 7.48. The summed E-state index contributed by atoms with van der Waals surface area (Å²) in [6.45, 7) is 2.05. The first-order chi connectivity index (χ1) is 10.2. The zero-order chi connectivity index (χ0) is 14.8. The van der Waals surface area contributed by atoms with Crippen LogP contribution < -0.4 is 11.1 Å². The predicted octanol–water partition coefficient (Wildman–Crippen LogP) is 2.23. The van der Waals surface area contributed by atoms with E-state index in [4.69, 9.17) is 5.73 Å². The van der Waals surface area contributed by atoms with E-state index in [0.717, 1.165) is 10.6 Å². The van der Waals surface area contributed by atoms with Crippen LogP contribution in [0.5, 0.6) is 0 Å². The Morgan fingerprint density at radius 1 is 1.48 bits per heavy atom. The molecule has 8 heteroatoms. The molecular formula is C13H14N6OS. The van der Waals surface area contributed by atoms with Gasteiger partial charge in [0.15, 0.2) is 5.95 Å². The largest absolute Gasteiger partial charge is 0.369 e. The second kappa shape index (κ2) is 5.49. The number of anilines is 2. The maximum atomic E-state index is 12.4. The van der Waals surface area contributed by atoms with Crippen molar-refractivity contribution in [1.82, 2.24) is 19.9 Å². The predicted molar refractivity (Wildman–Crippen MR) is 83.4 cm³/mol. The first-order valence-electron chi connectivity index (χ1n) is 6.40. The van der Waals surface area contributed by atoms with Crippen LogP contribution in [0.25, 0.3) is 11.0 Å². The molecule has 0 aliphatic rings. The number of fused-ring (bicyclic) bond motifs is 1. The molecule has 0 aliphatic heterocycles. The van der Waals surface area contributed by atoms with Crippen molar-refractivity contribution < 1.29 is 4.79 Å². The Labute approximate surface area is 124 Å². The summed E-state index contributed by atoms with van der Waals surface area (Å²) < 4.78 is 0. The van der Waals surface area contributed by atoms with Gasteiger partial charge in [-0.3, -0.25) is 10.1 Å². The van der Waals surface area contributed by atoms with Gasteiger partial charge in [0.1, 0.15) is 0 Å². The molecule has 5 N–H and O–H groups in total. The van der Waals surface area contributed by atoms with Crippen LogP contribution in [0, 0.1) is 0 Å². The number of hydrogen-bond donors (Lipinski definition) is 4. The number of nitrogen functional groups attached to an aromatic ring is 1. The first kappa shape index (κ1) is 13.5. The first-order valence-corrected chi connectivity index (χ1v) is 7.38. The van der Waals surface area contributed by atoms with Crippen LogP contribution in [0.4, 0.5) is 11.9 Å². The summed E-state index contributed by atoms with van der Waals surface area (Å²) in [4.78, 5) is 27.3. The van der Waals surface area contributed by atoms with Gasteiger partial charge in [0.05, 0.1) is 16.6 Å². The maximum Gasteiger partial charge on any atom is 0.260 e. The molecule has 0 unspecified atom stereocenters. The smallest absolute Gasteiger partial charge is 0.260 e. The quantitative estimate of drug-likeness (QED) is 0.552. The highest BCUT2D eigenvalue weighted by Gasteiger charge is 2.16. The molecule has 2 aromatic heterocycles. The molecule has 2 heterocycles. The number of thioether (sulfide) groups is 1.